The summed E-state index contributed by atoms with van der Waals surface area (Å²) in [7, 11) is 1.63. The number of carbonyl (C=O) groups excluding carboxylic acids is 1. The van der Waals surface area contributed by atoms with Gasteiger partial charge in [-0.15, -0.1) is 0 Å². The molecule has 7 heteroatoms. The molecule has 2 heterocycles. The fourth-order valence-corrected chi connectivity index (χ4v) is 2.57. The van der Waals surface area contributed by atoms with Crippen LogP contribution in [-0.2, 0) is 4.74 Å². The number of pyridine rings is 1. The fraction of sp³-hybridized carbons (Fsp3) is 0.667. The van der Waals surface area contributed by atoms with Gasteiger partial charge in [0.15, 0.2) is 0 Å². The van der Waals surface area contributed by atoms with E-state index >= 15 is 0 Å². The lowest BCUT2D eigenvalue weighted by Gasteiger charge is -2.35. The number of piperazine rings is 1. The van der Waals surface area contributed by atoms with Crippen molar-refractivity contribution >= 4 is 6.09 Å². The van der Waals surface area contributed by atoms with Crippen LogP contribution in [0.2, 0.25) is 0 Å². The van der Waals surface area contributed by atoms with Crippen molar-refractivity contribution in [1.82, 2.24) is 14.8 Å². The molecule has 0 atom stereocenters. The SMILES string of the molecule is COc1cnc(OCCN2CCN(C(=O)OC(C)(C)C)CC2)cc1C. The van der Waals surface area contributed by atoms with Crippen LogP contribution >= 0.6 is 0 Å². The molecule has 0 saturated carbocycles. The van der Waals surface area contributed by atoms with E-state index in [4.69, 9.17) is 14.2 Å². The number of hydrogen-bond donors (Lipinski definition) is 0. The Morgan fingerprint density at radius 3 is 2.48 bits per heavy atom. The summed E-state index contributed by atoms with van der Waals surface area (Å²) in [4.78, 5) is 20.3. The minimum atomic E-state index is -0.453. The molecule has 1 fully saturated rings. The molecule has 25 heavy (non-hydrogen) atoms. The van der Waals surface area contributed by atoms with Gasteiger partial charge in [-0.25, -0.2) is 9.78 Å². The summed E-state index contributed by atoms with van der Waals surface area (Å²) in [6.45, 7) is 12.0. The van der Waals surface area contributed by atoms with E-state index < -0.39 is 5.60 Å². The number of methoxy groups -OCH3 is 1. The third-order valence-corrected chi connectivity index (χ3v) is 3.94. The van der Waals surface area contributed by atoms with Crippen molar-refractivity contribution in [3.05, 3.63) is 17.8 Å². The van der Waals surface area contributed by atoms with Gasteiger partial charge in [0, 0.05) is 38.8 Å². The molecule has 0 spiro atoms. The van der Waals surface area contributed by atoms with Crippen molar-refractivity contribution in [2.75, 3.05) is 46.4 Å². The van der Waals surface area contributed by atoms with Crippen molar-refractivity contribution in [3.8, 4) is 11.6 Å². The van der Waals surface area contributed by atoms with Crippen LogP contribution in [0.25, 0.3) is 0 Å². The smallest absolute Gasteiger partial charge is 0.410 e. The van der Waals surface area contributed by atoms with Crippen molar-refractivity contribution in [3.63, 3.8) is 0 Å². The molecule has 0 radical (unpaired) electrons. The minimum absolute atomic E-state index is 0.235. The maximum atomic E-state index is 12.0. The maximum Gasteiger partial charge on any atom is 0.410 e. The van der Waals surface area contributed by atoms with E-state index in [9.17, 15) is 4.79 Å². The second-order valence-corrected chi connectivity index (χ2v) is 7.15. The van der Waals surface area contributed by atoms with E-state index in [0.717, 1.165) is 30.9 Å². The van der Waals surface area contributed by atoms with Crippen molar-refractivity contribution in [2.24, 2.45) is 0 Å². The van der Waals surface area contributed by atoms with E-state index in [0.29, 0.717) is 25.6 Å². The number of nitrogens with zero attached hydrogens (tertiary/aromatic N) is 3. The zero-order valence-electron chi connectivity index (χ0n) is 15.9. The summed E-state index contributed by atoms with van der Waals surface area (Å²) in [6.07, 6.45) is 1.44. The van der Waals surface area contributed by atoms with E-state index in [-0.39, 0.29) is 6.09 Å². The highest BCUT2D eigenvalue weighted by Gasteiger charge is 2.25. The topological polar surface area (TPSA) is 64.1 Å². The first kappa shape index (κ1) is 19.3. The number of carbonyl (C=O) groups is 1. The Bertz CT molecular complexity index is 578. The number of amides is 1. The average Bonchev–Trinajstić information content (AvgIpc) is 2.54. The first-order valence-electron chi connectivity index (χ1n) is 8.62. The molecule has 1 aromatic rings. The number of aromatic nitrogens is 1. The second kappa shape index (κ2) is 8.38. The zero-order chi connectivity index (χ0) is 18.4. The fourth-order valence-electron chi connectivity index (χ4n) is 2.57. The maximum absolute atomic E-state index is 12.0. The van der Waals surface area contributed by atoms with Gasteiger partial charge >= 0.3 is 6.09 Å². The largest absolute Gasteiger partial charge is 0.495 e. The molecular formula is C18H29N3O4. The summed E-state index contributed by atoms with van der Waals surface area (Å²) < 4.78 is 16.3. The van der Waals surface area contributed by atoms with Gasteiger partial charge in [-0.3, -0.25) is 4.90 Å². The Kier molecular flexibility index (Phi) is 6.47. The Labute approximate surface area is 149 Å². The molecule has 0 aliphatic carbocycles. The minimum Gasteiger partial charge on any atom is -0.495 e. The molecule has 1 aliphatic rings. The van der Waals surface area contributed by atoms with Gasteiger partial charge in [-0.2, -0.15) is 0 Å². The van der Waals surface area contributed by atoms with Gasteiger partial charge in [-0.05, 0) is 33.3 Å². The highest BCUT2D eigenvalue weighted by molar-refractivity contribution is 5.68. The summed E-state index contributed by atoms with van der Waals surface area (Å²) in [5, 5.41) is 0. The highest BCUT2D eigenvalue weighted by Crippen LogP contribution is 2.19. The quantitative estimate of drug-likeness (QED) is 0.811. The third kappa shape index (κ3) is 6.08. The van der Waals surface area contributed by atoms with Gasteiger partial charge in [0.05, 0.1) is 13.3 Å². The summed E-state index contributed by atoms with van der Waals surface area (Å²) in [5.74, 6) is 1.36. The van der Waals surface area contributed by atoms with Crippen LogP contribution in [0.3, 0.4) is 0 Å². The molecule has 0 bridgehead atoms. The molecule has 2 rings (SSSR count). The summed E-state index contributed by atoms with van der Waals surface area (Å²) in [6, 6.07) is 1.87. The molecule has 1 aliphatic heterocycles. The van der Waals surface area contributed by atoms with Crippen LogP contribution in [0.15, 0.2) is 12.3 Å². The van der Waals surface area contributed by atoms with E-state index in [2.05, 4.69) is 9.88 Å². The molecule has 1 saturated heterocycles. The molecule has 140 valence electrons. The lowest BCUT2D eigenvalue weighted by atomic mass is 10.2. The van der Waals surface area contributed by atoms with Crippen LogP contribution < -0.4 is 9.47 Å². The predicted molar refractivity (Wildman–Crippen MR) is 95.3 cm³/mol. The third-order valence-electron chi connectivity index (χ3n) is 3.94. The Balaban J connectivity index is 1.70. The molecule has 0 N–H and O–H groups in total. The lowest BCUT2D eigenvalue weighted by Crippen LogP contribution is -2.50. The monoisotopic (exact) mass is 351 g/mol. The summed E-state index contributed by atoms with van der Waals surface area (Å²) in [5.41, 5.74) is 0.546. The molecule has 0 aromatic carbocycles. The van der Waals surface area contributed by atoms with Crippen molar-refractivity contribution < 1.29 is 19.0 Å². The molecule has 1 aromatic heterocycles. The first-order valence-corrected chi connectivity index (χ1v) is 8.62. The average molecular weight is 351 g/mol. The Hall–Kier alpha value is -2.02. The number of rotatable bonds is 5. The predicted octanol–water partition coefficient (Wildman–Crippen LogP) is 2.33. The zero-order valence-corrected chi connectivity index (χ0v) is 15.9. The van der Waals surface area contributed by atoms with Crippen LogP contribution in [0.5, 0.6) is 11.6 Å². The number of aryl methyl sites for hydroxylation is 1. The van der Waals surface area contributed by atoms with E-state index in [1.54, 1.807) is 18.2 Å². The molecule has 0 unspecified atom stereocenters. The Morgan fingerprint density at radius 2 is 1.92 bits per heavy atom. The number of ether oxygens (including phenoxy) is 3. The van der Waals surface area contributed by atoms with Gasteiger partial charge < -0.3 is 19.1 Å². The van der Waals surface area contributed by atoms with Crippen LogP contribution in [-0.4, -0.2) is 72.9 Å². The van der Waals surface area contributed by atoms with Crippen molar-refractivity contribution in [1.29, 1.82) is 0 Å². The number of hydrogen-bond acceptors (Lipinski definition) is 6. The van der Waals surface area contributed by atoms with Gasteiger partial charge in [0.25, 0.3) is 0 Å². The summed E-state index contributed by atoms with van der Waals surface area (Å²) >= 11 is 0. The molecule has 1 amide bonds. The normalized spacial score (nSPS) is 15.8. The van der Waals surface area contributed by atoms with Crippen LogP contribution in [0.1, 0.15) is 26.3 Å². The van der Waals surface area contributed by atoms with Crippen LogP contribution in [0, 0.1) is 6.92 Å². The van der Waals surface area contributed by atoms with Gasteiger partial charge in [0.2, 0.25) is 5.88 Å². The van der Waals surface area contributed by atoms with Crippen LogP contribution in [0.4, 0.5) is 4.79 Å². The first-order chi connectivity index (χ1) is 11.8. The molecule has 7 nitrogen and oxygen atoms in total. The Morgan fingerprint density at radius 1 is 1.24 bits per heavy atom. The lowest BCUT2D eigenvalue weighted by molar-refractivity contribution is 0.0136. The highest BCUT2D eigenvalue weighted by atomic mass is 16.6. The van der Waals surface area contributed by atoms with Gasteiger partial charge in [0.1, 0.15) is 18.0 Å². The van der Waals surface area contributed by atoms with Gasteiger partial charge in [-0.1, -0.05) is 0 Å². The standard InChI is InChI=1S/C18H29N3O4/c1-14-12-16(19-13-15(14)23-5)24-11-10-20-6-8-21(9-7-20)17(22)25-18(2,3)4/h12-13H,6-11H2,1-5H3. The molecular weight excluding hydrogens is 322 g/mol. The van der Waals surface area contributed by atoms with E-state index in [1.165, 1.54) is 0 Å². The van der Waals surface area contributed by atoms with Crippen molar-refractivity contribution in [2.45, 2.75) is 33.3 Å². The second-order valence-electron chi connectivity index (χ2n) is 7.15. The van der Waals surface area contributed by atoms with E-state index in [1.807, 2.05) is 33.8 Å².